The number of amides is 5. The molecule has 6 atom stereocenters. The molecule has 2 heterocycles. The summed E-state index contributed by atoms with van der Waals surface area (Å²) in [6, 6.07) is 2.71. The summed E-state index contributed by atoms with van der Waals surface area (Å²) in [5.74, 6) is -8.35. The minimum Gasteiger partial charge on any atom is -0.496 e. The van der Waals surface area contributed by atoms with Gasteiger partial charge < -0.3 is 39.1 Å². The van der Waals surface area contributed by atoms with E-state index in [0.29, 0.717) is 34.9 Å². The van der Waals surface area contributed by atoms with Crippen LogP contribution in [0.2, 0.25) is 0 Å². The molecule has 0 aromatic heterocycles. The fraction of sp³-hybridized carbons (Fsp3) is 0.591. The molecule has 336 valence electrons. The third-order valence-electron chi connectivity index (χ3n) is 12.5. The maximum Gasteiger partial charge on any atom is 0.482 e. The number of benzene rings is 2. The molecule has 2 N–H and O–H groups in total. The molecule has 15 nitrogen and oxygen atoms in total. The van der Waals surface area contributed by atoms with E-state index in [2.05, 4.69) is 24.5 Å². The van der Waals surface area contributed by atoms with Crippen molar-refractivity contribution in [2.45, 2.75) is 123 Å². The van der Waals surface area contributed by atoms with Gasteiger partial charge in [0.1, 0.15) is 40.2 Å². The van der Waals surface area contributed by atoms with Gasteiger partial charge in [0.05, 0.1) is 35.9 Å². The number of hydrogen-bond acceptors (Lipinski definition) is 11. The Kier molecular flexibility index (Phi) is 12.6. The number of nitrogens with zero attached hydrogens (tertiary/aromatic N) is 2. The number of nitrogens with one attached hydrogen (secondary N) is 2. The Morgan fingerprint density at radius 1 is 0.919 bits per heavy atom. The van der Waals surface area contributed by atoms with Crippen LogP contribution >= 0.6 is 0 Å². The van der Waals surface area contributed by atoms with Crippen molar-refractivity contribution in [3.8, 4) is 5.75 Å². The van der Waals surface area contributed by atoms with Crippen molar-refractivity contribution in [3.63, 3.8) is 0 Å². The number of urea groups is 1. The van der Waals surface area contributed by atoms with Crippen molar-refractivity contribution in [1.82, 2.24) is 20.4 Å². The number of methoxy groups -OCH3 is 1. The predicted molar refractivity (Wildman–Crippen MR) is 221 cm³/mol. The normalized spacial score (nSPS) is 24.1. The largest absolute Gasteiger partial charge is 0.496 e. The van der Waals surface area contributed by atoms with Crippen molar-refractivity contribution < 1.29 is 61.1 Å². The standard InChI is InChI=1S/C44H57BF2N4O11/c1-12-50-16-17-51(37(54)36(50)53)40(57)49-33(32-27(46)18-24(19-28(32)47)38(55)59-41(2,3)4)35(52)48-31(45-61-30-22-25-21-29(43(25,8)9)44(30,10)62-45)20-23-14-13-15-26(34(23)58-11)39(56)60-42(5,6)7/h13-15,18-19,25,29-31,33H,12,16-17,20-22H2,1-11H3,(H,48,52)(H,49,57)/t25-,29-,30+,31?,33?,44-/m0/s1. The fourth-order valence-electron chi connectivity index (χ4n) is 9.22. The third kappa shape index (κ3) is 9.03. The van der Waals surface area contributed by atoms with Gasteiger partial charge in [-0.05, 0) is 116 Å². The number of ether oxygens (including phenoxy) is 3. The summed E-state index contributed by atoms with van der Waals surface area (Å²) in [6.07, 6.45) is 1.12. The van der Waals surface area contributed by atoms with E-state index >= 15 is 8.78 Å². The predicted octanol–water partition coefficient (Wildman–Crippen LogP) is 5.32. The topological polar surface area (TPSA) is 179 Å². The zero-order valence-corrected chi connectivity index (χ0v) is 37.2. The quantitative estimate of drug-likeness (QED) is 0.170. The van der Waals surface area contributed by atoms with Crippen LogP contribution in [0, 0.1) is 28.9 Å². The van der Waals surface area contributed by atoms with Crippen molar-refractivity contribution >= 4 is 42.8 Å². The lowest BCUT2D eigenvalue weighted by atomic mass is 9.43. The summed E-state index contributed by atoms with van der Waals surface area (Å²) in [4.78, 5) is 82.5. The summed E-state index contributed by atoms with van der Waals surface area (Å²) < 4.78 is 62.7. The number of carbonyl (C=O) groups excluding carboxylic acids is 6. The first-order chi connectivity index (χ1) is 28.8. The Morgan fingerprint density at radius 3 is 2.13 bits per heavy atom. The van der Waals surface area contributed by atoms with Crippen molar-refractivity contribution in [2.24, 2.45) is 17.3 Å². The first-order valence-electron chi connectivity index (χ1n) is 21.0. The molecule has 2 aromatic carbocycles. The number of esters is 2. The van der Waals surface area contributed by atoms with E-state index in [9.17, 15) is 28.8 Å². The molecule has 3 saturated carbocycles. The van der Waals surface area contributed by atoms with E-state index in [1.54, 1.807) is 60.6 Å². The number of carbonyl (C=O) groups is 6. The highest BCUT2D eigenvalue weighted by Gasteiger charge is 2.68. The lowest BCUT2D eigenvalue weighted by Gasteiger charge is -2.64. The lowest BCUT2D eigenvalue weighted by Crippen LogP contribution is -2.65. The maximum absolute atomic E-state index is 16.3. The molecule has 0 spiro atoms. The Hall–Kier alpha value is -5.10. The van der Waals surface area contributed by atoms with Crippen molar-refractivity contribution in [3.05, 3.63) is 64.2 Å². The molecule has 0 radical (unpaired) electrons. The number of halogens is 2. The van der Waals surface area contributed by atoms with E-state index in [-0.39, 0.29) is 54.8 Å². The molecule has 5 amide bonds. The SMILES string of the molecule is CCN1CCN(C(=O)NC(C(=O)NC(Cc2cccc(C(=O)OC(C)(C)C)c2OC)B2O[C@@H]3C[C@@H]4C[C@@H](C4(C)C)[C@]3(C)O2)c2c(F)cc(C(=O)OC(C)(C)C)cc2F)C(=O)C1=O. The second kappa shape index (κ2) is 16.9. The van der Waals surface area contributed by atoms with Crippen molar-refractivity contribution in [1.29, 1.82) is 0 Å². The van der Waals surface area contributed by atoms with Gasteiger partial charge in [0.2, 0.25) is 5.91 Å². The third-order valence-corrected chi connectivity index (χ3v) is 12.5. The van der Waals surface area contributed by atoms with Gasteiger partial charge in [0.15, 0.2) is 0 Å². The monoisotopic (exact) mass is 866 g/mol. The van der Waals surface area contributed by atoms with Crippen LogP contribution in [-0.2, 0) is 39.6 Å². The van der Waals surface area contributed by atoms with E-state index < -0.39 is 94.4 Å². The summed E-state index contributed by atoms with van der Waals surface area (Å²) in [5, 5.41) is 5.09. The zero-order chi connectivity index (χ0) is 45.9. The number of hydrogen-bond donors (Lipinski definition) is 2. The van der Waals surface area contributed by atoms with Gasteiger partial charge in [-0.15, -0.1) is 0 Å². The Bertz CT molecular complexity index is 2130. The Labute approximate surface area is 361 Å². The highest BCUT2D eigenvalue weighted by molar-refractivity contribution is 6.48. The molecule has 2 bridgehead atoms. The second-order valence-corrected chi connectivity index (χ2v) is 19.2. The number of piperazine rings is 1. The highest BCUT2D eigenvalue weighted by Crippen LogP contribution is 2.65. The molecule has 18 heteroatoms. The lowest BCUT2D eigenvalue weighted by molar-refractivity contribution is -0.199. The molecule has 2 aliphatic heterocycles. The van der Waals surface area contributed by atoms with Gasteiger partial charge in [-0.2, -0.15) is 0 Å². The smallest absolute Gasteiger partial charge is 0.482 e. The highest BCUT2D eigenvalue weighted by atomic mass is 19.1. The van der Waals surface area contributed by atoms with Crippen LogP contribution in [-0.4, -0.2) is 108 Å². The summed E-state index contributed by atoms with van der Waals surface area (Å²) in [6.45, 7) is 17.8. The van der Waals surface area contributed by atoms with Gasteiger partial charge in [0.25, 0.3) is 0 Å². The van der Waals surface area contributed by atoms with Crippen LogP contribution in [0.1, 0.15) is 120 Å². The Balaban J connectivity index is 1.40. The molecule has 5 aliphatic rings. The van der Waals surface area contributed by atoms with Crippen LogP contribution in [0.5, 0.6) is 5.75 Å². The molecular weight excluding hydrogens is 809 g/mol. The van der Waals surface area contributed by atoms with Crippen LogP contribution in [0.15, 0.2) is 30.3 Å². The molecule has 2 unspecified atom stereocenters. The summed E-state index contributed by atoms with van der Waals surface area (Å²) in [7, 11) is 0.221. The number of imide groups is 1. The van der Waals surface area contributed by atoms with E-state index in [4.69, 9.17) is 23.5 Å². The average Bonchev–Trinajstić information content (AvgIpc) is 3.53. The molecule has 62 heavy (non-hydrogen) atoms. The number of likely N-dealkylation sites (N-methyl/N-ethyl adjacent to an activating group) is 1. The zero-order valence-electron chi connectivity index (χ0n) is 37.2. The van der Waals surface area contributed by atoms with Gasteiger partial charge in [0, 0.05) is 19.6 Å². The molecular formula is C44H57BF2N4O11. The average molecular weight is 867 g/mol. The van der Waals surface area contributed by atoms with Crippen LogP contribution < -0.4 is 15.4 Å². The fourth-order valence-corrected chi connectivity index (χ4v) is 9.22. The second-order valence-electron chi connectivity index (χ2n) is 19.2. The molecule has 7 rings (SSSR count). The van der Waals surface area contributed by atoms with Crippen LogP contribution in [0.3, 0.4) is 0 Å². The summed E-state index contributed by atoms with van der Waals surface area (Å²) in [5.41, 5.74) is -3.62. The molecule has 3 aliphatic carbocycles. The van der Waals surface area contributed by atoms with E-state index in [1.807, 2.05) is 6.92 Å². The molecule has 5 fully saturated rings. The number of para-hydroxylation sites is 1. The van der Waals surface area contributed by atoms with Crippen LogP contribution in [0.4, 0.5) is 13.6 Å². The first kappa shape index (κ1) is 46.4. The molecule has 2 saturated heterocycles. The van der Waals surface area contributed by atoms with Gasteiger partial charge in [-0.25, -0.2) is 23.2 Å². The first-order valence-corrected chi connectivity index (χ1v) is 21.0. The maximum atomic E-state index is 16.3. The van der Waals surface area contributed by atoms with E-state index in [1.165, 1.54) is 18.1 Å². The van der Waals surface area contributed by atoms with Gasteiger partial charge in [-0.1, -0.05) is 26.0 Å². The molecule has 2 aromatic rings. The Morgan fingerprint density at radius 2 is 1.55 bits per heavy atom. The number of rotatable bonds is 11. The minimum absolute atomic E-state index is 0.0140. The van der Waals surface area contributed by atoms with Gasteiger partial charge >= 0.3 is 36.9 Å². The summed E-state index contributed by atoms with van der Waals surface area (Å²) >= 11 is 0. The van der Waals surface area contributed by atoms with Gasteiger partial charge in [-0.3, -0.25) is 19.3 Å². The minimum atomic E-state index is -2.19. The van der Waals surface area contributed by atoms with Crippen LogP contribution in [0.25, 0.3) is 0 Å². The van der Waals surface area contributed by atoms with Crippen molar-refractivity contribution in [2.75, 3.05) is 26.7 Å². The van der Waals surface area contributed by atoms with E-state index in [0.717, 1.165) is 6.42 Å².